The van der Waals surface area contributed by atoms with E-state index in [1.54, 1.807) is 0 Å². The van der Waals surface area contributed by atoms with Gasteiger partial charge in [0, 0.05) is 12.5 Å². The van der Waals surface area contributed by atoms with Crippen molar-refractivity contribution in [1.29, 1.82) is 0 Å². The van der Waals surface area contributed by atoms with Gasteiger partial charge in [-0.05, 0) is 25.7 Å². The average Bonchev–Trinajstić information content (AvgIpc) is 3.18. The van der Waals surface area contributed by atoms with Crippen LogP contribution in [0, 0.1) is 0 Å². The van der Waals surface area contributed by atoms with Crippen LogP contribution in [0.25, 0.3) is 0 Å². The summed E-state index contributed by atoms with van der Waals surface area (Å²) in [5, 5.41) is 25.4. The maximum atomic E-state index is 11.9. The van der Waals surface area contributed by atoms with Gasteiger partial charge in [-0.2, -0.15) is 0 Å². The van der Waals surface area contributed by atoms with E-state index in [9.17, 15) is 9.90 Å². The Morgan fingerprint density at radius 3 is 2.57 bits per heavy atom. The molecule has 0 aliphatic heterocycles. The number of amides is 2. The largest absolute Gasteiger partial charge is 0.388 e. The summed E-state index contributed by atoms with van der Waals surface area (Å²) < 4.78 is 0. The lowest BCUT2D eigenvalue weighted by molar-refractivity contribution is 0.0245. The molecule has 1 aliphatic rings. The van der Waals surface area contributed by atoms with Crippen LogP contribution in [0.4, 0.5) is 9.93 Å². The van der Waals surface area contributed by atoms with E-state index in [2.05, 4.69) is 20.8 Å². The SMILES string of the molecule is CCCC(O)(CCC)CNC(=O)Nc1nnc(C2CC2)s1. The topological polar surface area (TPSA) is 87.1 Å². The molecule has 3 N–H and O–H groups in total. The van der Waals surface area contributed by atoms with Crippen LogP contribution in [0.3, 0.4) is 0 Å². The van der Waals surface area contributed by atoms with Crippen molar-refractivity contribution in [3.8, 4) is 0 Å². The Balaban J connectivity index is 1.79. The molecule has 0 aromatic carbocycles. The van der Waals surface area contributed by atoms with Gasteiger partial charge in [-0.25, -0.2) is 4.79 Å². The second-order valence-electron chi connectivity index (χ2n) is 5.75. The van der Waals surface area contributed by atoms with Crippen LogP contribution >= 0.6 is 11.3 Å². The Kier molecular flexibility index (Phi) is 5.52. The zero-order chi connectivity index (χ0) is 15.3. The van der Waals surface area contributed by atoms with Crippen LogP contribution in [0.1, 0.15) is 63.3 Å². The molecule has 0 unspecified atom stereocenters. The third-order valence-electron chi connectivity index (χ3n) is 3.60. The Morgan fingerprint density at radius 2 is 2.00 bits per heavy atom. The highest BCUT2D eigenvalue weighted by Crippen LogP contribution is 2.41. The standard InChI is InChI=1S/C14H24N4O2S/c1-3-7-14(20,8-4-2)9-15-12(19)16-13-18-17-11(21-13)10-5-6-10/h10,20H,3-9H2,1-2H3,(H2,15,16,18,19). The van der Waals surface area contributed by atoms with E-state index in [-0.39, 0.29) is 12.6 Å². The predicted octanol–water partition coefficient (Wildman–Crippen LogP) is 2.87. The molecule has 1 saturated carbocycles. The van der Waals surface area contributed by atoms with Gasteiger partial charge in [0.1, 0.15) is 5.01 Å². The Bertz CT molecular complexity index is 467. The van der Waals surface area contributed by atoms with E-state index < -0.39 is 5.60 Å². The Hall–Kier alpha value is -1.21. The lowest BCUT2D eigenvalue weighted by Crippen LogP contribution is -2.44. The second kappa shape index (κ2) is 7.17. The average molecular weight is 312 g/mol. The summed E-state index contributed by atoms with van der Waals surface area (Å²) in [6.45, 7) is 4.32. The molecule has 1 aliphatic carbocycles. The first-order valence-electron chi connectivity index (χ1n) is 7.67. The minimum atomic E-state index is -0.818. The van der Waals surface area contributed by atoms with Crippen LogP contribution in [-0.4, -0.2) is 33.5 Å². The van der Waals surface area contributed by atoms with E-state index in [0.29, 0.717) is 23.9 Å². The van der Waals surface area contributed by atoms with Gasteiger partial charge < -0.3 is 10.4 Å². The number of urea groups is 1. The van der Waals surface area contributed by atoms with Crippen molar-refractivity contribution < 1.29 is 9.90 Å². The summed E-state index contributed by atoms with van der Waals surface area (Å²) in [4.78, 5) is 11.9. The highest BCUT2D eigenvalue weighted by Gasteiger charge is 2.28. The molecule has 6 nitrogen and oxygen atoms in total. The van der Waals surface area contributed by atoms with Gasteiger partial charge in [0.15, 0.2) is 0 Å². The van der Waals surface area contributed by atoms with Crippen LogP contribution < -0.4 is 10.6 Å². The molecule has 0 radical (unpaired) electrons. The molecule has 0 spiro atoms. The first-order chi connectivity index (χ1) is 10.1. The fourth-order valence-electron chi connectivity index (χ4n) is 2.40. The number of nitrogens with one attached hydrogen (secondary N) is 2. The highest BCUT2D eigenvalue weighted by molar-refractivity contribution is 7.15. The maximum Gasteiger partial charge on any atom is 0.321 e. The van der Waals surface area contributed by atoms with Crippen molar-refractivity contribution >= 4 is 22.5 Å². The van der Waals surface area contributed by atoms with Crippen molar-refractivity contribution in [1.82, 2.24) is 15.5 Å². The fourth-order valence-corrected chi connectivity index (χ4v) is 3.31. The number of nitrogens with zero attached hydrogens (tertiary/aromatic N) is 2. The van der Waals surface area contributed by atoms with Crippen LogP contribution in [-0.2, 0) is 0 Å². The molecule has 0 bridgehead atoms. The third kappa shape index (κ3) is 4.93. The summed E-state index contributed by atoms with van der Waals surface area (Å²) in [7, 11) is 0. The van der Waals surface area contributed by atoms with Crippen molar-refractivity contribution in [2.24, 2.45) is 0 Å². The monoisotopic (exact) mass is 312 g/mol. The quantitative estimate of drug-likeness (QED) is 0.689. The lowest BCUT2D eigenvalue weighted by Gasteiger charge is -2.27. The molecule has 1 fully saturated rings. The molecule has 118 valence electrons. The van der Waals surface area contributed by atoms with Gasteiger partial charge in [0.2, 0.25) is 5.13 Å². The minimum Gasteiger partial charge on any atom is -0.388 e. The normalized spacial score (nSPS) is 15.0. The molecule has 0 saturated heterocycles. The summed E-state index contributed by atoms with van der Waals surface area (Å²) >= 11 is 1.43. The number of hydrogen-bond acceptors (Lipinski definition) is 5. The van der Waals surface area contributed by atoms with Crippen LogP contribution in [0.2, 0.25) is 0 Å². The van der Waals surface area contributed by atoms with Gasteiger partial charge in [-0.3, -0.25) is 5.32 Å². The number of aromatic nitrogens is 2. The summed E-state index contributed by atoms with van der Waals surface area (Å²) in [6, 6.07) is -0.334. The fraction of sp³-hybridized carbons (Fsp3) is 0.786. The van der Waals surface area contributed by atoms with Gasteiger partial charge in [-0.1, -0.05) is 38.0 Å². The van der Waals surface area contributed by atoms with Crippen LogP contribution in [0.15, 0.2) is 0 Å². The van der Waals surface area contributed by atoms with Crippen molar-refractivity contribution in [2.45, 2.75) is 63.9 Å². The second-order valence-corrected chi connectivity index (χ2v) is 6.76. The van der Waals surface area contributed by atoms with E-state index >= 15 is 0 Å². The highest BCUT2D eigenvalue weighted by atomic mass is 32.1. The lowest BCUT2D eigenvalue weighted by atomic mass is 9.93. The summed E-state index contributed by atoms with van der Waals surface area (Å²) in [5.41, 5.74) is -0.818. The van der Waals surface area contributed by atoms with E-state index in [0.717, 1.165) is 17.8 Å². The molecule has 1 aromatic rings. The van der Waals surface area contributed by atoms with Crippen molar-refractivity contribution in [3.63, 3.8) is 0 Å². The number of anilines is 1. The molecule has 2 rings (SSSR count). The van der Waals surface area contributed by atoms with Gasteiger partial charge in [0.25, 0.3) is 0 Å². The number of carbonyl (C=O) groups is 1. The van der Waals surface area contributed by atoms with Crippen molar-refractivity contribution in [2.75, 3.05) is 11.9 Å². The number of hydrogen-bond donors (Lipinski definition) is 3. The molecule has 21 heavy (non-hydrogen) atoms. The molecular formula is C14H24N4O2S. The molecule has 1 aromatic heterocycles. The zero-order valence-electron chi connectivity index (χ0n) is 12.7. The van der Waals surface area contributed by atoms with E-state index in [1.165, 1.54) is 24.2 Å². The molecule has 2 amide bonds. The maximum absolute atomic E-state index is 11.9. The molecule has 1 heterocycles. The van der Waals surface area contributed by atoms with E-state index in [4.69, 9.17) is 0 Å². The Morgan fingerprint density at radius 1 is 1.33 bits per heavy atom. The molecule has 7 heteroatoms. The number of carbonyl (C=O) groups excluding carboxylic acids is 1. The first-order valence-corrected chi connectivity index (χ1v) is 8.48. The Labute approximate surface area is 129 Å². The zero-order valence-corrected chi connectivity index (χ0v) is 13.5. The molecular weight excluding hydrogens is 288 g/mol. The first kappa shape index (κ1) is 16.2. The van der Waals surface area contributed by atoms with E-state index in [1.807, 2.05) is 13.8 Å². The number of aliphatic hydroxyl groups is 1. The van der Waals surface area contributed by atoms with Gasteiger partial charge in [-0.15, -0.1) is 10.2 Å². The van der Waals surface area contributed by atoms with Crippen LogP contribution in [0.5, 0.6) is 0 Å². The van der Waals surface area contributed by atoms with Crippen molar-refractivity contribution in [3.05, 3.63) is 5.01 Å². The summed E-state index contributed by atoms with van der Waals surface area (Å²) in [6.07, 6.45) is 5.49. The van der Waals surface area contributed by atoms with Gasteiger partial charge >= 0.3 is 6.03 Å². The molecule has 0 atom stereocenters. The summed E-state index contributed by atoms with van der Waals surface area (Å²) in [5.74, 6) is 0.542. The third-order valence-corrected chi connectivity index (χ3v) is 4.60. The van der Waals surface area contributed by atoms with Gasteiger partial charge in [0.05, 0.1) is 5.60 Å². The smallest absolute Gasteiger partial charge is 0.321 e. The number of rotatable bonds is 8. The predicted molar refractivity (Wildman–Crippen MR) is 83.7 cm³/mol. The minimum absolute atomic E-state index is 0.259.